The number of nitrogens with zero attached hydrogens (tertiary/aromatic N) is 2. The van der Waals surface area contributed by atoms with E-state index in [0.717, 1.165) is 24.2 Å². The average molecular weight is 370 g/mol. The summed E-state index contributed by atoms with van der Waals surface area (Å²) >= 11 is 0. The smallest absolute Gasteiger partial charge is 0.101 e. The molecule has 0 bridgehead atoms. The van der Waals surface area contributed by atoms with Gasteiger partial charge in [-0.3, -0.25) is 0 Å². The first-order valence-corrected chi connectivity index (χ1v) is 10.8. The summed E-state index contributed by atoms with van der Waals surface area (Å²) in [5.41, 5.74) is 7.17. The molecule has 1 fully saturated rings. The van der Waals surface area contributed by atoms with E-state index in [1.54, 1.807) is 0 Å². The first kappa shape index (κ1) is 17.4. The molecule has 1 aromatic heterocycles. The zero-order chi connectivity index (χ0) is 18.9. The molecule has 0 unspecified atom stereocenters. The monoisotopic (exact) mass is 369 g/mol. The van der Waals surface area contributed by atoms with Gasteiger partial charge in [0.25, 0.3) is 0 Å². The fraction of sp³-hybridized carbons (Fsp3) is 0.400. The van der Waals surface area contributed by atoms with Crippen molar-refractivity contribution in [2.24, 2.45) is 0 Å². The number of aromatic nitrogens is 1. The van der Waals surface area contributed by atoms with Crippen molar-refractivity contribution in [1.29, 1.82) is 5.26 Å². The lowest BCUT2D eigenvalue weighted by Crippen LogP contribution is -2.22. The molecule has 142 valence electrons. The normalized spacial score (nSPS) is 17.2. The van der Waals surface area contributed by atoms with Crippen LogP contribution in [0.2, 0.25) is 0 Å². The van der Waals surface area contributed by atoms with Crippen molar-refractivity contribution in [3.63, 3.8) is 0 Å². The van der Waals surface area contributed by atoms with Crippen molar-refractivity contribution in [2.45, 2.75) is 64.0 Å². The highest BCUT2D eigenvalue weighted by Crippen LogP contribution is 2.39. The van der Waals surface area contributed by atoms with Crippen LogP contribution in [-0.4, -0.2) is 10.6 Å². The second-order valence-corrected chi connectivity index (χ2v) is 8.30. The Hall–Kier alpha value is -2.73. The number of fused-ring (bicyclic) bond motifs is 3. The molecule has 5 rings (SSSR count). The Balaban J connectivity index is 1.62. The lowest BCUT2D eigenvalue weighted by Gasteiger charge is -2.25. The fourth-order valence-corrected chi connectivity index (χ4v) is 5.14. The molecule has 0 radical (unpaired) electrons. The van der Waals surface area contributed by atoms with E-state index in [4.69, 9.17) is 0 Å². The van der Waals surface area contributed by atoms with E-state index in [9.17, 15) is 5.26 Å². The van der Waals surface area contributed by atoms with Crippen molar-refractivity contribution >= 4 is 16.6 Å². The number of aryl methyl sites for hydroxylation is 1. The standard InChI is InChI=1S/C25H27N3/c26-17-19-14-13-18(16-22(19)27-20-8-2-1-3-9-20)25-21-10-4-5-11-23(21)28-15-7-6-12-24(25)28/h4-5,10-11,13-14,16,20,27H,1-3,6-9,12,15H2. The molecular formula is C25H27N3. The second kappa shape index (κ2) is 7.36. The zero-order valence-corrected chi connectivity index (χ0v) is 16.4. The molecule has 3 nitrogen and oxygen atoms in total. The summed E-state index contributed by atoms with van der Waals surface area (Å²) in [6.07, 6.45) is 9.98. The van der Waals surface area contributed by atoms with Crippen molar-refractivity contribution in [1.82, 2.24) is 4.57 Å². The summed E-state index contributed by atoms with van der Waals surface area (Å²) < 4.78 is 2.51. The van der Waals surface area contributed by atoms with E-state index in [1.807, 2.05) is 6.07 Å². The molecule has 1 aliphatic carbocycles. The van der Waals surface area contributed by atoms with E-state index < -0.39 is 0 Å². The van der Waals surface area contributed by atoms with E-state index in [-0.39, 0.29) is 0 Å². The van der Waals surface area contributed by atoms with E-state index in [2.05, 4.69) is 52.4 Å². The number of hydrogen-bond donors (Lipinski definition) is 1. The lowest BCUT2D eigenvalue weighted by molar-refractivity contribution is 0.462. The zero-order valence-electron chi connectivity index (χ0n) is 16.4. The van der Waals surface area contributed by atoms with Gasteiger partial charge >= 0.3 is 0 Å². The Bertz CT molecular complexity index is 1050. The maximum atomic E-state index is 9.64. The first-order valence-electron chi connectivity index (χ1n) is 10.8. The summed E-state index contributed by atoms with van der Waals surface area (Å²) in [7, 11) is 0. The molecule has 28 heavy (non-hydrogen) atoms. The minimum Gasteiger partial charge on any atom is -0.381 e. The van der Waals surface area contributed by atoms with E-state index in [1.165, 1.54) is 72.7 Å². The Morgan fingerprint density at radius 2 is 1.82 bits per heavy atom. The quantitative estimate of drug-likeness (QED) is 0.592. The summed E-state index contributed by atoms with van der Waals surface area (Å²) in [5.74, 6) is 0. The largest absolute Gasteiger partial charge is 0.381 e. The van der Waals surface area contributed by atoms with Gasteiger partial charge in [0.05, 0.1) is 11.3 Å². The highest BCUT2D eigenvalue weighted by atomic mass is 15.0. The lowest BCUT2D eigenvalue weighted by atomic mass is 9.94. The van der Waals surface area contributed by atoms with Crippen molar-refractivity contribution in [3.8, 4) is 17.2 Å². The number of nitrogens with one attached hydrogen (secondary N) is 1. The summed E-state index contributed by atoms with van der Waals surface area (Å²) in [6, 6.07) is 18.0. The van der Waals surface area contributed by atoms with Crippen LogP contribution in [0.15, 0.2) is 42.5 Å². The summed E-state index contributed by atoms with van der Waals surface area (Å²) in [5, 5.41) is 14.7. The molecule has 0 amide bonds. The van der Waals surface area contributed by atoms with Gasteiger partial charge in [-0.25, -0.2) is 0 Å². The van der Waals surface area contributed by atoms with E-state index >= 15 is 0 Å². The maximum absolute atomic E-state index is 9.64. The predicted molar refractivity (Wildman–Crippen MR) is 116 cm³/mol. The SMILES string of the molecule is N#Cc1ccc(-c2c3n(c4ccccc24)CCCC3)cc1NC1CCCCC1. The molecule has 3 heteroatoms. The molecular weight excluding hydrogens is 342 g/mol. The third kappa shape index (κ3) is 2.98. The minimum absolute atomic E-state index is 0.496. The van der Waals surface area contributed by atoms with E-state index in [0.29, 0.717) is 6.04 Å². The summed E-state index contributed by atoms with van der Waals surface area (Å²) in [4.78, 5) is 0. The number of hydrogen-bond acceptors (Lipinski definition) is 2. The van der Waals surface area contributed by atoms with Gasteiger partial charge in [-0.15, -0.1) is 0 Å². The molecule has 0 spiro atoms. The maximum Gasteiger partial charge on any atom is 0.101 e. The number of nitriles is 1. The van der Waals surface area contributed by atoms with Crippen LogP contribution in [0.1, 0.15) is 56.2 Å². The number of rotatable bonds is 3. The van der Waals surface area contributed by atoms with Crippen LogP contribution in [0, 0.1) is 11.3 Å². The van der Waals surface area contributed by atoms with Gasteiger partial charge in [0, 0.05) is 34.7 Å². The Morgan fingerprint density at radius 3 is 2.68 bits per heavy atom. The highest BCUT2D eigenvalue weighted by molar-refractivity contribution is 5.99. The number of anilines is 1. The molecule has 1 aliphatic heterocycles. The van der Waals surface area contributed by atoms with Crippen molar-refractivity contribution < 1.29 is 0 Å². The minimum atomic E-state index is 0.496. The van der Waals surface area contributed by atoms with Gasteiger partial charge in [-0.05, 0) is 55.9 Å². The third-order valence-corrected chi connectivity index (χ3v) is 6.52. The molecule has 2 aliphatic rings. The Labute approximate surface area is 167 Å². The summed E-state index contributed by atoms with van der Waals surface area (Å²) in [6.45, 7) is 1.11. The van der Waals surface area contributed by atoms with Gasteiger partial charge < -0.3 is 9.88 Å². The van der Waals surface area contributed by atoms with Crippen molar-refractivity contribution in [2.75, 3.05) is 5.32 Å². The second-order valence-electron chi connectivity index (χ2n) is 8.30. The van der Waals surface area contributed by atoms with Gasteiger partial charge in [0.1, 0.15) is 6.07 Å². The predicted octanol–water partition coefficient (Wildman–Crippen LogP) is 6.26. The average Bonchev–Trinajstić information content (AvgIpc) is 3.09. The van der Waals surface area contributed by atoms with Crippen LogP contribution < -0.4 is 5.32 Å². The van der Waals surface area contributed by atoms with Crippen LogP contribution in [0.25, 0.3) is 22.0 Å². The number of para-hydroxylation sites is 1. The van der Waals surface area contributed by atoms with Gasteiger partial charge in [0.15, 0.2) is 0 Å². The first-order chi connectivity index (χ1) is 13.8. The van der Waals surface area contributed by atoms with Gasteiger partial charge in [0.2, 0.25) is 0 Å². The van der Waals surface area contributed by atoms with Crippen molar-refractivity contribution in [3.05, 3.63) is 53.7 Å². The Morgan fingerprint density at radius 1 is 0.964 bits per heavy atom. The van der Waals surface area contributed by atoms with Crippen LogP contribution in [0.4, 0.5) is 5.69 Å². The van der Waals surface area contributed by atoms with Crippen LogP contribution in [0.3, 0.4) is 0 Å². The number of benzene rings is 2. The topological polar surface area (TPSA) is 40.8 Å². The Kier molecular flexibility index (Phi) is 4.56. The molecule has 3 aromatic rings. The van der Waals surface area contributed by atoms with Crippen LogP contribution in [0.5, 0.6) is 0 Å². The molecule has 2 heterocycles. The van der Waals surface area contributed by atoms with Crippen LogP contribution >= 0.6 is 0 Å². The van der Waals surface area contributed by atoms with Gasteiger partial charge in [-0.1, -0.05) is 43.5 Å². The fourth-order valence-electron chi connectivity index (χ4n) is 5.14. The van der Waals surface area contributed by atoms with Crippen LogP contribution in [-0.2, 0) is 13.0 Å². The molecule has 0 atom stereocenters. The molecule has 2 aromatic carbocycles. The molecule has 0 saturated heterocycles. The third-order valence-electron chi connectivity index (χ3n) is 6.52. The highest BCUT2D eigenvalue weighted by Gasteiger charge is 2.22. The van der Waals surface area contributed by atoms with Gasteiger partial charge in [-0.2, -0.15) is 5.26 Å². The molecule has 1 N–H and O–H groups in total. The molecule has 1 saturated carbocycles.